The van der Waals surface area contributed by atoms with E-state index >= 15 is 0 Å². The number of carboxylic acid groups (broad SMARTS) is 1. The van der Waals surface area contributed by atoms with Gasteiger partial charge in [0, 0.05) is 26.9 Å². The van der Waals surface area contributed by atoms with E-state index in [-0.39, 0.29) is 0 Å². The summed E-state index contributed by atoms with van der Waals surface area (Å²) in [6.45, 7) is 1.83. The van der Waals surface area contributed by atoms with Crippen LogP contribution in [0.3, 0.4) is 0 Å². The van der Waals surface area contributed by atoms with Crippen molar-refractivity contribution in [1.29, 1.82) is 0 Å². The molecule has 0 spiro atoms. The van der Waals surface area contributed by atoms with E-state index < -0.39 is 23.6 Å². The summed E-state index contributed by atoms with van der Waals surface area (Å²) in [5, 5.41) is 30.6. The van der Waals surface area contributed by atoms with Gasteiger partial charge in [-0.15, -0.1) is 38.0 Å². The van der Waals surface area contributed by atoms with Crippen molar-refractivity contribution in [3.05, 3.63) is 77.3 Å². The molecule has 0 bridgehead atoms. The van der Waals surface area contributed by atoms with Crippen LogP contribution in [0.2, 0.25) is 0 Å². The maximum absolute atomic E-state index is 12.7. The highest BCUT2D eigenvalue weighted by Crippen LogP contribution is 2.50. The summed E-state index contributed by atoms with van der Waals surface area (Å²) in [6.07, 6.45) is 0.240. The average Bonchev–Trinajstić information content (AvgIpc) is 3.30. The largest absolute Gasteiger partial charge is 0.481 e. The van der Waals surface area contributed by atoms with Crippen molar-refractivity contribution in [2.45, 2.75) is 31.3 Å². The monoisotopic (exact) mass is 628 g/mol. The van der Waals surface area contributed by atoms with E-state index in [1.54, 1.807) is 29.7 Å². The van der Waals surface area contributed by atoms with E-state index in [2.05, 4.69) is 38.0 Å². The first-order valence-corrected chi connectivity index (χ1v) is 15.9. The van der Waals surface area contributed by atoms with Gasteiger partial charge >= 0.3 is 12.1 Å². The Kier molecular flexibility index (Phi) is 6.79. The normalized spacial score (nSPS) is 14.5. The molecule has 1 atom stereocenters. The van der Waals surface area contributed by atoms with E-state index in [0.717, 1.165) is 40.9 Å². The maximum Gasteiger partial charge on any atom is 0.413 e. The minimum absolute atomic E-state index is 0.409. The Hall–Kier alpha value is -4.46. The van der Waals surface area contributed by atoms with Crippen molar-refractivity contribution >= 4 is 61.3 Å². The number of nitrogens with zero attached hydrogens (tertiary/aromatic N) is 5. The lowest BCUT2D eigenvalue weighted by Gasteiger charge is -2.14. The number of aromatic nitrogens is 5. The van der Waals surface area contributed by atoms with E-state index in [0.29, 0.717) is 29.4 Å². The number of hydrogen-bond donors (Lipinski definition) is 2. The molecule has 4 heterocycles. The van der Waals surface area contributed by atoms with E-state index in [1.807, 2.05) is 61.5 Å². The summed E-state index contributed by atoms with van der Waals surface area (Å²) in [6, 6.07) is 21.8. The van der Waals surface area contributed by atoms with E-state index in [9.17, 15) is 14.7 Å². The molecule has 1 aliphatic rings. The highest BCUT2D eigenvalue weighted by atomic mass is 32.1. The molecule has 10 nitrogen and oxygen atoms in total. The Morgan fingerprint density at radius 2 is 1.60 bits per heavy atom. The zero-order chi connectivity index (χ0) is 29.7. The highest BCUT2D eigenvalue weighted by Gasteiger charge is 2.54. The fourth-order valence-corrected chi connectivity index (χ4v) is 8.27. The number of ether oxygens (including phenoxy) is 1. The van der Waals surface area contributed by atoms with Gasteiger partial charge in [0.05, 0.1) is 4.88 Å². The maximum atomic E-state index is 12.7. The number of anilines is 1. The van der Waals surface area contributed by atoms with Crippen LogP contribution in [-0.4, -0.2) is 42.4 Å². The molecule has 2 aromatic carbocycles. The van der Waals surface area contributed by atoms with Crippen LogP contribution >= 0.6 is 34.0 Å². The number of fused-ring (bicyclic) bond motifs is 1. The fourth-order valence-electron chi connectivity index (χ4n) is 4.79. The summed E-state index contributed by atoms with van der Waals surface area (Å²) in [5.74, 6) is -0.361. The zero-order valence-corrected chi connectivity index (χ0v) is 25.4. The third kappa shape index (κ3) is 5.09. The summed E-state index contributed by atoms with van der Waals surface area (Å²) < 4.78 is 9.32. The SMILES string of the molecule is C[C@@H](OC(=O)Nc1c(-c2cc3sc(-c4ccc(-c5nnc(C6(C(=O)O)CC6)s5)cc4)cc3s2)nnn1C)c1ccccc1. The first-order valence-electron chi connectivity index (χ1n) is 13.4. The van der Waals surface area contributed by atoms with Gasteiger partial charge in [-0.05, 0) is 43.0 Å². The number of rotatable bonds is 8. The average molecular weight is 629 g/mol. The molecule has 0 radical (unpaired) electrons. The van der Waals surface area contributed by atoms with Crippen LogP contribution in [0.15, 0.2) is 66.7 Å². The third-order valence-electron chi connectivity index (χ3n) is 7.45. The van der Waals surface area contributed by atoms with Gasteiger partial charge in [0.2, 0.25) is 0 Å². The number of aryl methyl sites for hydroxylation is 1. The summed E-state index contributed by atoms with van der Waals surface area (Å²) >= 11 is 4.61. The van der Waals surface area contributed by atoms with Gasteiger partial charge in [-0.3, -0.25) is 10.1 Å². The van der Waals surface area contributed by atoms with Crippen LogP contribution in [0, 0.1) is 0 Å². The fraction of sp³-hybridized carbons (Fsp3) is 0.200. The third-order valence-corrected chi connectivity index (χ3v) is 11.0. The second-order valence-corrected chi connectivity index (χ2v) is 13.5. The Bertz CT molecular complexity index is 1940. The minimum Gasteiger partial charge on any atom is -0.481 e. The van der Waals surface area contributed by atoms with Crippen LogP contribution in [0.4, 0.5) is 10.6 Å². The Morgan fingerprint density at radius 3 is 2.30 bits per heavy atom. The molecule has 216 valence electrons. The van der Waals surface area contributed by atoms with Gasteiger partial charge < -0.3 is 9.84 Å². The molecule has 1 aliphatic carbocycles. The van der Waals surface area contributed by atoms with Crippen LogP contribution in [0.1, 0.15) is 36.4 Å². The number of carbonyl (C=O) groups is 2. The van der Waals surface area contributed by atoms with Crippen LogP contribution in [-0.2, 0) is 22.0 Å². The first kappa shape index (κ1) is 27.4. The Morgan fingerprint density at radius 1 is 0.930 bits per heavy atom. The molecule has 7 rings (SSSR count). The lowest BCUT2D eigenvalue weighted by atomic mass is 10.1. The molecule has 1 saturated carbocycles. The molecule has 4 aromatic heterocycles. The molecular formula is C30H24N6O4S3. The number of hydrogen-bond acceptors (Lipinski definition) is 10. The van der Waals surface area contributed by atoms with Gasteiger partial charge in [0.1, 0.15) is 27.2 Å². The molecule has 2 N–H and O–H groups in total. The van der Waals surface area contributed by atoms with Crippen LogP contribution < -0.4 is 5.32 Å². The number of nitrogens with one attached hydrogen (secondary N) is 1. The topological polar surface area (TPSA) is 132 Å². The van der Waals surface area contributed by atoms with Crippen molar-refractivity contribution < 1.29 is 19.4 Å². The molecule has 0 unspecified atom stereocenters. The molecule has 43 heavy (non-hydrogen) atoms. The molecular weight excluding hydrogens is 605 g/mol. The number of carboxylic acids is 1. The van der Waals surface area contributed by atoms with Crippen molar-refractivity contribution in [3.63, 3.8) is 0 Å². The first-order chi connectivity index (χ1) is 20.8. The highest BCUT2D eigenvalue weighted by molar-refractivity contribution is 7.31. The lowest BCUT2D eigenvalue weighted by molar-refractivity contribution is -0.140. The standard InChI is InChI=1S/C30H24N6O4S3/c1-16(17-6-4-3-5-7-17)40-29(39)31-25-24(32-35-36(25)2)23-15-22-21(42-23)14-20(41-22)18-8-10-19(11-9-18)26-33-34-27(43-26)30(12-13-30)28(37)38/h3-11,14-16H,12-13H2,1-2H3,(H,31,39)(H,37,38)/t16-/m1/s1. The van der Waals surface area contributed by atoms with Gasteiger partial charge in [0.25, 0.3) is 0 Å². The summed E-state index contributed by atoms with van der Waals surface area (Å²) in [5.41, 5.74) is 2.63. The van der Waals surface area contributed by atoms with Gasteiger partial charge in [-0.1, -0.05) is 71.1 Å². The minimum atomic E-state index is -0.843. The number of carbonyl (C=O) groups excluding carboxylic acids is 1. The quantitative estimate of drug-likeness (QED) is 0.179. The zero-order valence-electron chi connectivity index (χ0n) is 23.0. The smallest absolute Gasteiger partial charge is 0.413 e. The van der Waals surface area contributed by atoms with Crippen molar-refractivity contribution in [2.75, 3.05) is 5.32 Å². The van der Waals surface area contributed by atoms with E-state index in [1.165, 1.54) is 16.0 Å². The summed E-state index contributed by atoms with van der Waals surface area (Å²) in [4.78, 5) is 26.4. The molecule has 6 aromatic rings. The molecule has 13 heteroatoms. The Labute approximate surface area is 257 Å². The van der Waals surface area contributed by atoms with Crippen molar-refractivity contribution in [1.82, 2.24) is 25.2 Å². The van der Waals surface area contributed by atoms with Gasteiger partial charge in [-0.25, -0.2) is 9.48 Å². The number of thiophene rings is 2. The predicted molar refractivity (Wildman–Crippen MR) is 168 cm³/mol. The number of amides is 1. The van der Waals surface area contributed by atoms with Gasteiger partial charge in [0.15, 0.2) is 5.82 Å². The molecule has 0 saturated heterocycles. The van der Waals surface area contributed by atoms with Crippen molar-refractivity contribution in [3.8, 4) is 31.6 Å². The van der Waals surface area contributed by atoms with Gasteiger partial charge in [-0.2, -0.15) is 0 Å². The number of aliphatic carboxylic acids is 1. The molecule has 1 amide bonds. The lowest BCUT2D eigenvalue weighted by Crippen LogP contribution is -2.19. The second kappa shape index (κ2) is 10.7. The van der Waals surface area contributed by atoms with Crippen LogP contribution in [0.5, 0.6) is 0 Å². The predicted octanol–water partition coefficient (Wildman–Crippen LogP) is 7.37. The van der Waals surface area contributed by atoms with E-state index in [4.69, 9.17) is 4.74 Å². The second-order valence-electron chi connectivity index (χ2n) is 10.3. The molecule has 1 fully saturated rings. The Balaban J connectivity index is 1.07. The van der Waals surface area contributed by atoms with Crippen LogP contribution in [0.25, 0.3) is 41.0 Å². The van der Waals surface area contributed by atoms with Crippen molar-refractivity contribution in [2.24, 2.45) is 7.05 Å². The molecule has 0 aliphatic heterocycles. The summed E-state index contributed by atoms with van der Waals surface area (Å²) in [7, 11) is 1.73. The number of benzene rings is 2.